The summed E-state index contributed by atoms with van der Waals surface area (Å²) in [6.07, 6.45) is 0.257. The molecule has 18 heavy (non-hydrogen) atoms. The van der Waals surface area contributed by atoms with Crippen molar-refractivity contribution in [1.29, 1.82) is 0 Å². The molecule has 0 aliphatic carbocycles. The minimum atomic E-state index is 0.257. The molecule has 0 aromatic heterocycles. The van der Waals surface area contributed by atoms with Crippen molar-refractivity contribution in [1.82, 2.24) is 0 Å². The number of ether oxygens (including phenoxy) is 1. The molecule has 1 aromatic carbocycles. The summed E-state index contributed by atoms with van der Waals surface area (Å²) >= 11 is 0. The van der Waals surface area contributed by atoms with Crippen molar-refractivity contribution < 1.29 is 4.74 Å². The average Bonchev–Trinajstić information content (AvgIpc) is 2.36. The molecule has 1 aromatic rings. The third-order valence-corrected chi connectivity index (χ3v) is 3.59. The Balaban J connectivity index is 2.38. The van der Waals surface area contributed by atoms with Gasteiger partial charge in [0.1, 0.15) is 11.9 Å². The highest BCUT2D eigenvalue weighted by molar-refractivity contribution is 5.62. The molecule has 1 atom stereocenters. The van der Waals surface area contributed by atoms with Crippen molar-refractivity contribution in [2.24, 2.45) is 11.7 Å². The fourth-order valence-corrected chi connectivity index (χ4v) is 2.35. The van der Waals surface area contributed by atoms with E-state index in [-0.39, 0.29) is 6.10 Å². The quantitative estimate of drug-likeness (QED) is 0.894. The summed E-state index contributed by atoms with van der Waals surface area (Å²) < 4.78 is 6.12. The van der Waals surface area contributed by atoms with Crippen LogP contribution < -0.4 is 15.4 Å². The van der Waals surface area contributed by atoms with Crippen LogP contribution in [0.4, 0.5) is 5.69 Å². The van der Waals surface area contributed by atoms with Crippen LogP contribution in [0.25, 0.3) is 0 Å². The van der Waals surface area contributed by atoms with Crippen molar-refractivity contribution in [3.05, 3.63) is 23.8 Å². The second-order valence-electron chi connectivity index (χ2n) is 5.65. The summed E-state index contributed by atoms with van der Waals surface area (Å²) in [5, 5.41) is 0. The van der Waals surface area contributed by atoms with E-state index >= 15 is 0 Å². The first-order valence-corrected chi connectivity index (χ1v) is 6.79. The first-order chi connectivity index (χ1) is 8.52. The molecule has 1 aliphatic rings. The molecule has 0 bridgehead atoms. The van der Waals surface area contributed by atoms with Gasteiger partial charge in [-0.2, -0.15) is 0 Å². The summed E-state index contributed by atoms with van der Waals surface area (Å²) in [5.74, 6) is 1.50. The molecule has 0 amide bonds. The smallest absolute Gasteiger partial charge is 0.143 e. The molecule has 1 unspecified atom stereocenters. The van der Waals surface area contributed by atoms with Crippen LogP contribution in [-0.4, -0.2) is 18.7 Å². The summed E-state index contributed by atoms with van der Waals surface area (Å²) in [7, 11) is 0. The lowest BCUT2D eigenvalue weighted by atomic mass is 10.0. The van der Waals surface area contributed by atoms with E-state index in [2.05, 4.69) is 50.8 Å². The second kappa shape index (κ2) is 5.19. The number of fused-ring (bicyclic) bond motifs is 1. The van der Waals surface area contributed by atoms with Gasteiger partial charge < -0.3 is 15.4 Å². The SMILES string of the molecule is CC(C)C1CN(C(C)C)c2ccc(CN)cc2O1. The van der Waals surface area contributed by atoms with Gasteiger partial charge in [0.2, 0.25) is 0 Å². The minimum Gasteiger partial charge on any atom is -0.486 e. The highest BCUT2D eigenvalue weighted by Crippen LogP contribution is 2.36. The Hall–Kier alpha value is -1.22. The lowest BCUT2D eigenvalue weighted by Gasteiger charge is -2.40. The minimum absolute atomic E-state index is 0.257. The lowest BCUT2D eigenvalue weighted by Crippen LogP contribution is -2.45. The molecule has 3 heteroatoms. The molecule has 0 radical (unpaired) electrons. The third-order valence-electron chi connectivity index (χ3n) is 3.59. The fraction of sp³-hybridized carbons (Fsp3) is 0.600. The zero-order valence-electron chi connectivity index (χ0n) is 11.8. The Kier molecular flexibility index (Phi) is 3.81. The number of anilines is 1. The number of nitrogens with two attached hydrogens (primary N) is 1. The molecule has 0 fully saturated rings. The van der Waals surface area contributed by atoms with E-state index in [9.17, 15) is 0 Å². The van der Waals surface area contributed by atoms with Gasteiger partial charge in [-0.05, 0) is 37.5 Å². The van der Waals surface area contributed by atoms with Crippen molar-refractivity contribution in [3.63, 3.8) is 0 Å². The maximum atomic E-state index is 6.12. The van der Waals surface area contributed by atoms with Crippen LogP contribution in [0.3, 0.4) is 0 Å². The van der Waals surface area contributed by atoms with E-state index in [0.717, 1.165) is 17.9 Å². The van der Waals surface area contributed by atoms with Crippen LogP contribution in [0.2, 0.25) is 0 Å². The van der Waals surface area contributed by atoms with Crippen LogP contribution in [0.15, 0.2) is 18.2 Å². The first-order valence-electron chi connectivity index (χ1n) is 6.79. The highest BCUT2D eigenvalue weighted by Gasteiger charge is 2.29. The lowest BCUT2D eigenvalue weighted by molar-refractivity contribution is 0.143. The number of benzene rings is 1. The van der Waals surface area contributed by atoms with E-state index in [1.807, 2.05) is 0 Å². The van der Waals surface area contributed by atoms with Gasteiger partial charge in [-0.15, -0.1) is 0 Å². The van der Waals surface area contributed by atoms with Crippen LogP contribution >= 0.6 is 0 Å². The Labute approximate surface area is 110 Å². The van der Waals surface area contributed by atoms with Crippen LogP contribution in [0.1, 0.15) is 33.3 Å². The summed E-state index contributed by atoms with van der Waals surface area (Å²) in [5.41, 5.74) is 8.02. The van der Waals surface area contributed by atoms with Crippen LogP contribution in [0.5, 0.6) is 5.75 Å². The topological polar surface area (TPSA) is 38.5 Å². The number of nitrogens with zero attached hydrogens (tertiary/aromatic N) is 1. The van der Waals surface area contributed by atoms with Crippen LogP contribution in [-0.2, 0) is 6.54 Å². The normalized spacial score (nSPS) is 19.1. The van der Waals surface area contributed by atoms with Gasteiger partial charge >= 0.3 is 0 Å². The largest absolute Gasteiger partial charge is 0.486 e. The monoisotopic (exact) mass is 248 g/mol. The summed E-state index contributed by atoms with van der Waals surface area (Å²) in [6.45, 7) is 10.4. The summed E-state index contributed by atoms with van der Waals surface area (Å²) in [6, 6.07) is 6.79. The average molecular weight is 248 g/mol. The zero-order chi connectivity index (χ0) is 13.3. The third kappa shape index (κ3) is 2.46. The molecule has 0 spiro atoms. The molecule has 2 rings (SSSR count). The van der Waals surface area contributed by atoms with Gasteiger partial charge in [0.25, 0.3) is 0 Å². The highest BCUT2D eigenvalue weighted by atomic mass is 16.5. The molecular weight excluding hydrogens is 224 g/mol. The van der Waals surface area contributed by atoms with E-state index in [4.69, 9.17) is 10.5 Å². The van der Waals surface area contributed by atoms with Gasteiger partial charge in [-0.3, -0.25) is 0 Å². The van der Waals surface area contributed by atoms with Gasteiger partial charge in [-0.1, -0.05) is 19.9 Å². The molecule has 0 saturated carbocycles. The molecule has 1 aliphatic heterocycles. The number of rotatable bonds is 3. The summed E-state index contributed by atoms with van der Waals surface area (Å²) in [4.78, 5) is 2.42. The molecule has 0 saturated heterocycles. The Morgan fingerprint density at radius 3 is 2.61 bits per heavy atom. The van der Waals surface area contributed by atoms with E-state index in [0.29, 0.717) is 18.5 Å². The van der Waals surface area contributed by atoms with Crippen molar-refractivity contribution in [2.45, 2.75) is 46.4 Å². The second-order valence-corrected chi connectivity index (χ2v) is 5.65. The molecule has 2 N–H and O–H groups in total. The predicted molar refractivity (Wildman–Crippen MR) is 76.1 cm³/mol. The van der Waals surface area contributed by atoms with Gasteiger partial charge in [-0.25, -0.2) is 0 Å². The zero-order valence-corrected chi connectivity index (χ0v) is 11.8. The maximum absolute atomic E-state index is 6.12. The van der Waals surface area contributed by atoms with E-state index in [1.54, 1.807) is 0 Å². The fourth-order valence-electron chi connectivity index (χ4n) is 2.35. The number of hydrogen-bond donors (Lipinski definition) is 1. The molecule has 1 heterocycles. The molecule has 3 nitrogen and oxygen atoms in total. The van der Waals surface area contributed by atoms with E-state index < -0.39 is 0 Å². The van der Waals surface area contributed by atoms with Crippen LogP contribution in [0, 0.1) is 5.92 Å². The Morgan fingerprint density at radius 1 is 1.33 bits per heavy atom. The Morgan fingerprint density at radius 2 is 2.06 bits per heavy atom. The molecule has 100 valence electrons. The number of hydrogen-bond acceptors (Lipinski definition) is 3. The Bertz CT molecular complexity index is 415. The van der Waals surface area contributed by atoms with Gasteiger partial charge in [0.05, 0.1) is 12.2 Å². The van der Waals surface area contributed by atoms with E-state index in [1.165, 1.54) is 5.69 Å². The van der Waals surface area contributed by atoms with Crippen molar-refractivity contribution in [2.75, 3.05) is 11.4 Å². The standard InChI is InChI=1S/C15H24N2O/c1-10(2)15-9-17(11(3)4)13-6-5-12(8-16)7-14(13)18-15/h5-7,10-11,15H,8-9,16H2,1-4H3. The predicted octanol–water partition coefficient (Wildman–Crippen LogP) is 2.78. The van der Waals surface area contributed by atoms with Crippen molar-refractivity contribution >= 4 is 5.69 Å². The van der Waals surface area contributed by atoms with Crippen molar-refractivity contribution in [3.8, 4) is 5.75 Å². The maximum Gasteiger partial charge on any atom is 0.143 e. The molecular formula is C15H24N2O. The first kappa shape index (κ1) is 13.2. The van der Waals surface area contributed by atoms with Gasteiger partial charge in [0, 0.05) is 12.6 Å². The van der Waals surface area contributed by atoms with Gasteiger partial charge in [0.15, 0.2) is 0 Å².